The number of rotatable bonds is 10. The summed E-state index contributed by atoms with van der Waals surface area (Å²) in [4.78, 5) is 0. The quantitative estimate of drug-likeness (QED) is 0.131. The fourth-order valence-corrected chi connectivity index (χ4v) is 4.76. The van der Waals surface area contributed by atoms with Crippen LogP contribution in [0.1, 0.15) is 33.4 Å². The molecule has 0 heterocycles. The minimum absolute atomic E-state index is 0.0854. The molecule has 0 aliphatic heterocycles. The van der Waals surface area contributed by atoms with Gasteiger partial charge < -0.3 is 11.5 Å². The van der Waals surface area contributed by atoms with Gasteiger partial charge in [0.1, 0.15) is 0 Å². The molecule has 0 saturated carbocycles. The topological polar surface area (TPSA) is 52.0 Å². The average molecular weight is 665 g/mol. The van der Waals surface area contributed by atoms with E-state index in [1.54, 1.807) is 24.3 Å². The Morgan fingerprint density at radius 2 is 0.609 bits per heavy atom. The molecule has 0 aliphatic rings. The van der Waals surface area contributed by atoms with Crippen molar-refractivity contribution in [3.63, 3.8) is 0 Å². The van der Waals surface area contributed by atoms with Crippen molar-refractivity contribution in [2.45, 2.75) is 48.4 Å². The maximum atomic E-state index is 16.8. The molecular formula is C32H24F12N2. The first-order valence-electron chi connectivity index (χ1n) is 13.3. The number of nitrogens with two attached hydrogens (primary N) is 2. The number of anilines is 2. The van der Waals surface area contributed by atoms with Gasteiger partial charge in [-0.25, -0.2) is 4.39 Å². The minimum Gasteiger partial charge on any atom is -0.399 e. The normalized spacial score (nSPS) is 13.6. The number of benzene rings is 4. The molecule has 0 unspecified atom stereocenters. The van der Waals surface area contributed by atoms with Crippen molar-refractivity contribution in [2.24, 2.45) is 0 Å². The van der Waals surface area contributed by atoms with E-state index < -0.39 is 46.7 Å². The van der Waals surface area contributed by atoms with Gasteiger partial charge in [-0.1, -0.05) is 72.8 Å². The summed E-state index contributed by atoms with van der Waals surface area (Å²) in [6.45, 7) is 0. The molecule has 0 atom stereocenters. The Balaban J connectivity index is 1.82. The number of alkyl halides is 12. The summed E-state index contributed by atoms with van der Waals surface area (Å²) in [5.41, 5.74) is 6.02. The van der Waals surface area contributed by atoms with E-state index >= 15 is 13.2 Å². The zero-order valence-electron chi connectivity index (χ0n) is 23.3. The third-order valence-electron chi connectivity index (χ3n) is 7.45. The molecule has 0 aromatic heterocycles. The molecule has 246 valence electrons. The fraction of sp³-hybridized carbons (Fsp3) is 0.250. The van der Waals surface area contributed by atoms with Crippen molar-refractivity contribution in [3.8, 4) is 0 Å². The Labute approximate surface area is 254 Å². The van der Waals surface area contributed by atoms with Crippen molar-refractivity contribution in [1.29, 1.82) is 0 Å². The van der Waals surface area contributed by atoms with E-state index in [2.05, 4.69) is 0 Å². The average Bonchev–Trinajstić information content (AvgIpc) is 2.99. The molecule has 4 N–H and O–H groups in total. The molecule has 0 spiro atoms. The lowest BCUT2D eigenvalue weighted by Gasteiger charge is -2.43. The molecule has 4 aromatic rings. The van der Waals surface area contributed by atoms with E-state index in [1.807, 2.05) is 0 Å². The van der Waals surface area contributed by atoms with Crippen LogP contribution < -0.4 is 11.5 Å². The minimum atomic E-state index is -7.79. The van der Waals surface area contributed by atoms with E-state index in [9.17, 15) is 39.5 Å². The lowest BCUT2D eigenvalue weighted by molar-refractivity contribution is -0.431. The van der Waals surface area contributed by atoms with Crippen molar-refractivity contribution in [1.82, 2.24) is 0 Å². The molecule has 0 bridgehead atoms. The van der Waals surface area contributed by atoms with Crippen LogP contribution in [-0.2, 0) is 18.5 Å². The van der Waals surface area contributed by atoms with Crippen molar-refractivity contribution in [2.75, 3.05) is 11.5 Å². The molecule has 0 fully saturated rings. The molecular weight excluding hydrogens is 640 g/mol. The molecule has 46 heavy (non-hydrogen) atoms. The van der Waals surface area contributed by atoms with Crippen LogP contribution in [0.4, 0.5) is 64.1 Å². The second-order valence-electron chi connectivity index (χ2n) is 10.7. The second-order valence-corrected chi connectivity index (χ2v) is 10.7. The third-order valence-corrected chi connectivity index (χ3v) is 7.45. The zero-order valence-corrected chi connectivity index (χ0v) is 23.3. The van der Waals surface area contributed by atoms with Crippen molar-refractivity contribution < 1.29 is 52.7 Å². The summed E-state index contributed by atoms with van der Waals surface area (Å²) < 4.78 is 172. The summed E-state index contributed by atoms with van der Waals surface area (Å²) >= 11 is 0. The number of nitrogen functional groups attached to an aromatic ring is 2. The van der Waals surface area contributed by atoms with Crippen LogP contribution in [0.5, 0.6) is 0 Å². The summed E-state index contributed by atoms with van der Waals surface area (Å²) in [5, 5.41) is 0. The number of halogens is 12. The Bertz CT molecular complexity index is 1540. The van der Waals surface area contributed by atoms with Gasteiger partial charge in [0, 0.05) is 11.4 Å². The van der Waals surface area contributed by atoms with E-state index in [1.165, 1.54) is 24.3 Å². The van der Waals surface area contributed by atoms with Gasteiger partial charge in [0.25, 0.3) is 0 Å². The summed E-state index contributed by atoms with van der Waals surface area (Å²) in [5.74, 6) is -29.9. The van der Waals surface area contributed by atoms with Crippen molar-refractivity contribution in [3.05, 3.63) is 130 Å². The van der Waals surface area contributed by atoms with Gasteiger partial charge in [-0.3, -0.25) is 0 Å². The monoisotopic (exact) mass is 664 g/mol. The molecule has 0 aliphatic carbocycles. The highest BCUT2D eigenvalue weighted by Crippen LogP contribution is 2.63. The van der Waals surface area contributed by atoms with E-state index in [4.69, 9.17) is 11.5 Å². The molecule has 0 radical (unpaired) electrons. The Kier molecular flexibility index (Phi) is 8.83. The first-order chi connectivity index (χ1) is 21.1. The lowest BCUT2D eigenvalue weighted by Crippen LogP contribution is -2.70. The van der Waals surface area contributed by atoms with Crippen LogP contribution in [0.25, 0.3) is 0 Å². The van der Waals surface area contributed by atoms with Gasteiger partial charge in [0.15, 0.2) is 0 Å². The van der Waals surface area contributed by atoms with E-state index in [0.29, 0.717) is 57.9 Å². The van der Waals surface area contributed by atoms with Crippen LogP contribution in [0.3, 0.4) is 0 Å². The highest BCUT2D eigenvalue weighted by Gasteiger charge is 2.90. The van der Waals surface area contributed by atoms with Gasteiger partial charge in [-0.2, -0.15) is 48.3 Å². The van der Waals surface area contributed by atoms with Gasteiger partial charge in [0.05, 0.1) is 0 Å². The standard InChI is InChI=1S/C32H24F12N2/c33-27(23-9-1-19(2-10-23)17-21-5-13-25(45)14-6-21,24-11-3-20(4-12-24)18-22-7-15-26(46)16-8-22)28(34,35)29(36,37)30(38,39)31(40,41)32(42,43)44/h1-16H,17-18,45-46H2. The Morgan fingerprint density at radius 1 is 0.348 bits per heavy atom. The Hall–Kier alpha value is -4.36. The van der Waals surface area contributed by atoms with Crippen LogP contribution in [0.15, 0.2) is 97.1 Å². The largest absolute Gasteiger partial charge is 0.460 e. The molecule has 0 amide bonds. The van der Waals surface area contributed by atoms with Gasteiger partial charge >= 0.3 is 29.9 Å². The predicted molar refractivity (Wildman–Crippen MR) is 148 cm³/mol. The molecule has 4 rings (SSSR count). The van der Waals surface area contributed by atoms with Crippen LogP contribution in [-0.4, -0.2) is 29.9 Å². The second kappa shape index (κ2) is 11.8. The van der Waals surface area contributed by atoms with Gasteiger partial charge in [-0.15, -0.1) is 0 Å². The predicted octanol–water partition coefficient (Wildman–Crippen LogP) is 9.35. The highest BCUT2D eigenvalue weighted by molar-refractivity contribution is 5.46. The summed E-state index contributed by atoms with van der Waals surface area (Å²) in [6.07, 6.45) is -7.22. The van der Waals surface area contributed by atoms with Gasteiger partial charge in [0.2, 0.25) is 5.67 Å². The first-order valence-corrected chi connectivity index (χ1v) is 13.3. The van der Waals surface area contributed by atoms with Crippen LogP contribution in [0, 0.1) is 0 Å². The molecule has 14 heteroatoms. The molecule has 4 aromatic carbocycles. The van der Waals surface area contributed by atoms with Crippen LogP contribution >= 0.6 is 0 Å². The zero-order chi connectivity index (χ0) is 34.3. The molecule has 2 nitrogen and oxygen atoms in total. The Morgan fingerprint density at radius 3 is 0.891 bits per heavy atom. The SMILES string of the molecule is Nc1ccc(Cc2ccc(C(F)(c3ccc(Cc4ccc(N)cc4)cc3)C(F)(F)C(F)(F)C(F)(F)C(F)(F)C(F)(F)F)cc2)cc1. The molecule has 0 saturated heterocycles. The van der Waals surface area contributed by atoms with Gasteiger partial charge in [-0.05, 0) is 70.5 Å². The first kappa shape index (κ1) is 34.5. The van der Waals surface area contributed by atoms with E-state index in [-0.39, 0.29) is 12.8 Å². The fourth-order valence-electron chi connectivity index (χ4n) is 4.76. The summed E-state index contributed by atoms with van der Waals surface area (Å²) in [6, 6.07) is 18.6. The van der Waals surface area contributed by atoms with Crippen LogP contribution in [0.2, 0.25) is 0 Å². The van der Waals surface area contributed by atoms with E-state index in [0.717, 1.165) is 24.3 Å². The maximum absolute atomic E-state index is 16.8. The highest BCUT2D eigenvalue weighted by atomic mass is 19.4. The summed E-state index contributed by atoms with van der Waals surface area (Å²) in [7, 11) is 0. The smallest absolute Gasteiger partial charge is 0.399 e. The lowest BCUT2D eigenvalue weighted by atomic mass is 9.77. The third kappa shape index (κ3) is 5.84. The number of hydrogen-bond acceptors (Lipinski definition) is 2. The number of hydrogen-bond donors (Lipinski definition) is 2. The maximum Gasteiger partial charge on any atom is 0.460 e. The van der Waals surface area contributed by atoms with Crippen molar-refractivity contribution >= 4 is 11.4 Å².